The molecule has 0 bridgehead atoms. The second kappa shape index (κ2) is 10.6. The summed E-state index contributed by atoms with van der Waals surface area (Å²) in [5.41, 5.74) is 0. The lowest BCUT2D eigenvalue weighted by Gasteiger charge is -2.22. The maximum atomic E-state index is 12.0. The normalized spacial score (nSPS) is 33.0. The molecule has 0 unspecified atom stereocenters. The largest absolute Gasteiger partial charge is 0.448 e. The van der Waals surface area contributed by atoms with Crippen LogP contribution in [0, 0.1) is 0 Å². The molecule has 1 aliphatic heterocycles. The summed E-state index contributed by atoms with van der Waals surface area (Å²) in [6.07, 6.45) is -8.63. The smallest absolute Gasteiger partial charge is 0.347 e. The molecule has 1 aliphatic rings. The molecular formula is C18H24O12. The zero-order valence-corrected chi connectivity index (χ0v) is 17.4. The van der Waals surface area contributed by atoms with Crippen LogP contribution in [0.15, 0.2) is 0 Å². The van der Waals surface area contributed by atoms with E-state index in [1.807, 2.05) is 0 Å². The Morgan fingerprint density at radius 1 is 0.333 bits per heavy atom. The van der Waals surface area contributed by atoms with Crippen molar-refractivity contribution in [1.29, 1.82) is 0 Å². The van der Waals surface area contributed by atoms with E-state index in [4.69, 9.17) is 28.4 Å². The Labute approximate surface area is 172 Å². The third-order valence-electron chi connectivity index (χ3n) is 3.75. The molecular weight excluding hydrogens is 408 g/mol. The molecule has 0 saturated carbocycles. The highest BCUT2D eigenvalue weighted by Crippen LogP contribution is 2.10. The Balaban J connectivity index is 3.04. The highest BCUT2D eigenvalue weighted by Gasteiger charge is 2.33. The molecule has 0 aliphatic carbocycles. The lowest BCUT2D eigenvalue weighted by molar-refractivity contribution is -0.191. The van der Waals surface area contributed by atoms with E-state index in [0.717, 1.165) is 0 Å². The van der Waals surface area contributed by atoms with Crippen molar-refractivity contribution in [2.24, 2.45) is 0 Å². The minimum absolute atomic E-state index is 1.07. The summed E-state index contributed by atoms with van der Waals surface area (Å²) in [6, 6.07) is 0. The monoisotopic (exact) mass is 432 g/mol. The molecule has 0 aromatic heterocycles. The molecule has 30 heavy (non-hydrogen) atoms. The average Bonchev–Trinajstić information content (AvgIpc) is 2.66. The molecule has 0 radical (unpaired) electrons. The molecule has 1 heterocycles. The number of rotatable bonds is 0. The van der Waals surface area contributed by atoms with Crippen molar-refractivity contribution in [3.63, 3.8) is 0 Å². The van der Waals surface area contributed by atoms with Crippen LogP contribution in [-0.4, -0.2) is 72.4 Å². The number of ether oxygens (including phenoxy) is 6. The van der Waals surface area contributed by atoms with Crippen molar-refractivity contribution in [3.05, 3.63) is 0 Å². The fourth-order valence-electron chi connectivity index (χ4n) is 1.91. The van der Waals surface area contributed by atoms with Crippen LogP contribution < -0.4 is 0 Å². The van der Waals surface area contributed by atoms with Gasteiger partial charge in [0.15, 0.2) is 36.6 Å². The van der Waals surface area contributed by atoms with E-state index in [9.17, 15) is 28.8 Å². The topological polar surface area (TPSA) is 158 Å². The molecule has 6 atom stereocenters. The molecule has 168 valence electrons. The summed E-state index contributed by atoms with van der Waals surface area (Å²) in [6.45, 7) is 7.07. The second-order valence-corrected chi connectivity index (χ2v) is 6.47. The minimum atomic E-state index is -1.44. The molecule has 1 saturated heterocycles. The van der Waals surface area contributed by atoms with E-state index in [-0.39, 0.29) is 0 Å². The molecule has 0 aromatic rings. The first-order valence-corrected chi connectivity index (χ1v) is 9.06. The van der Waals surface area contributed by atoms with Crippen LogP contribution in [0.2, 0.25) is 0 Å². The molecule has 0 N–H and O–H groups in total. The van der Waals surface area contributed by atoms with Gasteiger partial charge in [-0.15, -0.1) is 0 Å². The van der Waals surface area contributed by atoms with Gasteiger partial charge >= 0.3 is 35.8 Å². The van der Waals surface area contributed by atoms with Crippen LogP contribution in [-0.2, 0) is 57.2 Å². The number of esters is 6. The summed E-state index contributed by atoms with van der Waals surface area (Å²) < 4.78 is 29.0. The summed E-state index contributed by atoms with van der Waals surface area (Å²) in [5.74, 6) is -6.42. The fraction of sp³-hybridized carbons (Fsp3) is 0.667. The van der Waals surface area contributed by atoms with Gasteiger partial charge in [0.25, 0.3) is 0 Å². The van der Waals surface area contributed by atoms with Crippen LogP contribution in [0.4, 0.5) is 0 Å². The van der Waals surface area contributed by atoms with Crippen LogP contribution in [0.25, 0.3) is 0 Å². The van der Waals surface area contributed by atoms with Gasteiger partial charge in [-0.05, 0) is 41.5 Å². The number of hydrogen-bond donors (Lipinski definition) is 0. The summed E-state index contributed by atoms with van der Waals surface area (Å²) in [5, 5.41) is 0. The number of hydrogen-bond acceptors (Lipinski definition) is 12. The Morgan fingerprint density at radius 3 is 0.533 bits per heavy atom. The van der Waals surface area contributed by atoms with Gasteiger partial charge in [-0.25, -0.2) is 28.8 Å². The third-order valence-corrected chi connectivity index (χ3v) is 3.75. The van der Waals surface area contributed by atoms with Crippen molar-refractivity contribution in [2.45, 2.75) is 78.2 Å². The average molecular weight is 432 g/mol. The Kier molecular flexibility index (Phi) is 8.75. The van der Waals surface area contributed by atoms with E-state index in [0.29, 0.717) is 0 Å². The molecule has 0 aromatic carbocycles. The fourth-order valence-corrected chi connectivity index (χ4v) is 1.91. The highest BCUT2D eigenvalue weighted by atomic mass is 16.7. The molecule has 0 spiro atoms. The number of carbonyl (C=O) groups is 6. The molecule has 0 amide bonds. The predicted octanol–water partition coefficient (Wildman–Crippen LogP) is -0.410. The van der Waals surface area contributed by atoms with E-state index in [2.05, 4.69) is 0 Å². The van der Waals surface area contributed by atoms with Gasteiger partial charge < -0.3 is 28.4 Å². The second-order valence-electron chi connectivity index (χ2n) is 6.47. The first-order valence-electron chi connectivity index (χ1n) is 9.06. The molecule has 12 nitrogen and oxygen atoms in total. The van der Waals surface area contributed by atoms with Gasteiger partial charge in [-0.3, -0.25) is 0 Å². The molecule has 12 heteroatoms. The van der Waals surface area contributed by atoms with E-state index in [1.54, 1.807) is 0 Å². The lowest BCUT2D eigenvalue weighted by atomic mass is 10.3. The van der Waals surface area contributed by atoms with Crippen molar-refractivity contribution in [3.8, 4) is 0 Å². The predicted molar refractivity (Wildman–Crippen MR) is 93.3 cm³/mol. The summed E-state index contributed by atoms with van der Waals surface area (Å²) in [4.78, 5) is 72.0. The maximum Gasteiger partial charge on any atom is 0.347 e. The molecule has 1 rings (SSSR count). The third kappa shape index (κ3) is 7.01. The van der Waals surface area contributed by atoms with Crippen molar-refractivity contribution < 1.29 is 57.2 Å². The van der Waals surface area contributed by atoms with E-state index < -0.39 is 72.4 Å². The standard InChI is InChI=1S/C18H24O12/c1-7-13(19)26-9(3)15(21)28-11(5)17(23)30-12(6)18(24)29-10(4)16(22)27-8(2)14(20)25-7/h7-12H,1-6H3/t7-,8-,9-,10-,11+,12+/m1/s1. The van der Waals surface area contributed by atoms with Gasteiger partial charge in [0.1, 0.15) is 0 Å². The SMILES string of the molecule is C[C@@H]1OC(=O)[C@H](C)OC(=O)[C@@H](C)OC(=O)[C@@H](C)OC(=O)[C@@H](C)OC(=O)[C@@H](C)OC1=O. The lowest BCUT2D eigenvalue weighted by Crippen LogP contribution is -2.40. The van der Waals surface area contributed by atoms with Crippen LogP contribution in [0.1, 0.15) is 41.5 Å². The van der Waals surface area contributed by atoms with E-state index >= 15 is 0 Å². The Morgan fingerprint density at radius 2 is 0.433 bits per heavy atom. The van der Waals surface area contributed by atoms with E-state index in [1.165, 1.54) is 41.5 Å². The van der Waals surface area contributed by atoms with Crippen LogP contribution >= 0.6 is 0 Å². The van der Waals surface area contributed by atoms with Crippen molar-refractivity contribution >= 4 is 35.8 Å². The zero-order chi connectivity index (χ0) is 23.2. The Hall–Kier alpha value is -3.18. The van der Waals surface area contributed by atoms with Crippen molar-refractivity contribution in [2.75, 3.05) is 0 Å². The minimum Gasteiger partial charge on any atom is -0.448 e. The van der Waals surface area contributed by atoms with Gasteiger partial charge in [0.05, 0.1) is 0 Å². The first-order chi connectivity index (χ1) is 13.8. The first kappa shape index (κ1) is 24.9. The van der Waals surface area contributed by atoms with Crippen LogP contribution in [0.3, 0.4) is 0 Å². The number of carbonyl (C=O) groups excluding carboxylic acids is 6. The molecule has 1 fully saturated rings. The Bertz CT molecular complexity index is 559. The van der Waals surface area contributed by atoms with Gasteiger partial charge in [0.2, 0.25) is 0 Å². The quantitative estimate of drug-likeness (QED) is 0.360. The van der Waals surface area contributed by atoms with Crippen molar-refractivity contribution in [1.82, 2.24) is 0 Å². The zero-order valence-electron chi connectivity index (χ0n) is 17.4. The number of cyclic esters (lactones) is 6. The summed E-state index contributed by atoms with van der Waals surface area (Å²) in [7, 11) is 0. The van der Waals surface area contributed by atoms with Gasteiger partial charge in [-0.1, -0.05) is 0 Å². The maximum absolute atomic E-state index is 12.0. The van der Waals surface area contributed by atoms with Crippen LogP contribution in [0.5, 0.6) is 0 Å². The summed E-state index contributed by atoms with van der Waals surface area (Å²) >= 11 is 0. The van der Waals surface area contributed by atoms with Gasteiger partial charge in [-0.2, -0.15) is 0 Å². The van der Waals surface area contributed by atoms with Gasteiger partial charge in [0, 0.05) is 0 Å². The highest BCUT2D eigenvalue weighted by molar-refractivity contribution is 5.88.